The smallest absolute Gasteiger partial charge is 0.297 e. The van der Waals surface area contributed by atoms with Gasteiger partial charge in [-0.25, -0.2) is 13.8 Å². The van der Waals surface area contributed by atoms with E-state index in [1.54, 1.807) is 0 Å². The van der Waals surface area contributed by atoms with Crippen LogP contribution in [0, 0.1) is 0 Å². The van der Waals surface area contributed by atoms with E-state index in [0.717, 1.165) is 64.3 Å². The van der Waals surface area contributed by atoms with Gasteiger partial charge in [-0.3, -0.25) is 4.90 Å². The number of halogens is 2. The summed E-state index contributed by atoms with van der Waals surface area (Å²) in [6, 6.07) is 0.245. The van der Waals surface area contributed by atoms with Crippen molar-refractivity contribution >= 4 is 0 Å². The molecule has 130 valence electrons. The number of piperidine rings is 1. The maximum atomic E-state index is 13.0. The van der Waals surface area contributed by atoms with Crippen LogP contribution in [0.4, 0.5) is 8.78 Å². The average molecular weight is 328 g/mol. The van der Waals surface area contributed by atoms with Crippen molar-refractivity contribution in [3.05, 3.63) is 17.8 Å². The topological polar surface area (TPSA) is 49.5 Å². The molecule has 0 amide bonds. The van der Waals surface area contributed by atoms with Crippen molar-refractivity contribution in [2.75, 3.05) is 6.54 Å². The molecule has 1 unspecified atom stereocenters. The van der Waals surface area contributed by atoms with Gasteiger partial charge in [0.1, 0.15) is 5.69 Å². The number of rotatable bonds is 5. The molecule has 1 saturated heterocycles. The third kappa shape index (κ3) is 4.10. The van der Waals surface area contributed by atoms with Gasteiger partial charge in [0.25, 0.3) is 6.43 Å². The highest BCUT2D eigenvalue weighted by molar-refractivity contribution is 5.09. The van der Waals surface area contributed by atoms with Crippen LogP contribution in [0.1, 0.15) is 75.7 Å². The number of aromatic nitrogens is 1. The Balaban J connectivity index is 1.67. The van der Waals surface area contributed by atoms with E-state index >= 15 is 0 Å². The highest BCUT2D eigenvalue weighted by Crippen LogP contribution is 2.36. The Kier molecular flexibility index (Phi) is 5.31. The maximum Gasteiger partial charge on any atom is 0.297 e. The van der Waals surface area contributed by atoms with Gasteiger partial charge in [-0.15, -0.1) is 0 Å². The summed E-state index contributed by atoms with van der Waals surface area (Å²) in [6.45, 7) is 1.26. The molecule has 2 heterocycles. The highest BCUT2D eigenvalue weighted by Gasteiger charge is 2.35. The molecular weight excluding hydrogens is 302 g/mol. The van der Waals surface area contributed by atoms with E-state index in [-0.39, 0.29) is 11.8 Å². The predicted molar refractivity (Wildman–Crippen MR) is 82.2 cm³/mol. The molecule has 0 spiro atoms. The zero-order chi connectivity index (χ0) is 16.3. The Labute approximate surface area is 135 Å². The Morgan fingerprint density at radius 1 is 1.26 bits per heavy atom. The van der Waals surface area contributed by atoms with Gasteiger partial charge in [0, 0.05) is 12.6 Å². The van der Waals surface area contributed by atoms with Gasteiger partial charge in [-0.1, -0.05) is 25.7 Å². The first-order chi connectivity index (χ1) is 11.1. The second-order valence-electron chi connectivity index (χ2n) is 7.07. The summed E-state index contributed by atoms with van der Waals surface area (Å²) in [6.07, 6.45) is 7.54. The lowest BCUT2D eigenvalue weighted by molar-refractivity contribution is -0.0353. The molecule has 1 aromatic heterocycles. The molecule has 2 aliphatic rings. The minimum absolute atomic E-state index is 0.245. The number of hydrogen-bond donors (Lipinski definition) is 1. The van der Waals surface area contributed by atoms with Gasteiger partial charge >= 0.3 is 0 Å². The van der Waals surface area contributed by atoms with E-state index in [1.807, 2.05) is 0 Å². The van der Waals surface area contributed by atoms with Crippen LogP contribution in [0.25, 0.3) is 0 Å². The molecule has 1 N–H and O–H groups in total. The quantitative estimate of drug-likeness (QED) is 0.886. The fourth-order valence-corrected chi connectivity index (χ4v) is 4.12. The molecule has 1 atom stereocenters. The molecule has 0 aromatic carbocycles. The van der Waals surface area contributed by atoms with Crippen LogP contribution in [0.5, 0.6) is 0 Å². The zero-order valence-corrected chi connectivity index (χ0v) is 13.5. The first-order valence-electron chi connectivity index (χ1n) is 8.74. The van der Waals surface area contributed by atoms with Crippen molar-refractivity contribution < 1.29 is 18.3 Å². The fraction of sp³-hybridized carbons (Fsp3) is 0.824. The van der Waals surface area contributed by atoms with Gasteiger partial charge in [0.05, 0.1) is 5.60 Å². The van der Waals surface area contributed by atoms with Crippen molar-refractivity contribution in [2.24, 2.45) is 0 Å². The van der Waals surface area contributed by atoms with Gasteiger partial charge in [-0.2, -0.15) is 0 Å². The molecule has 3 rings (SSSR count). The van der Waals surface area contributed by atoms with Crippen LogP contribution in [-0.2, 0) is 6.54 Å². The van der Waals surface area contributed by atoms with Crippen LogP contribution >= 0.6 is 0 Å². The second-order valence-corrected chi connectivity index (χ2v) is 7.07. The van der Waals surface area contributed by atoms with E-state index in [9.17, 15) is 13.9 Å². The van der Waals surface area contributed by atoms with Gasteiger partial charge < -0.3 is 9.52 Å². The lowest BCUT2D eigenvalue weighted by Crippen LogP contribution is -2.45. The minimum atomic E-state index is -2.63. The summed E-state index contributed by atoms with van der Waals surface area (Å²) < 4.78 is 30.7. The Hall–Kier alpha value is -1.01. The Morgan fingerprint density at radius 3 is 2.78 bits per heavy atom. The van der Waals surface area contributed by atoms with Gasteiger partial charge in [0.2, 0.25) is 0 Å². The maximum absolute atomic E-state index is 13.0. The van der Waals surface area contributed by atoms with Crippen LogP contribution in [0.2, 0.25) is 0 Å². The molecule has 6 heteroatoms. The second kappa shape index (κ2) is 7.26. The molecule has 1 aliphatic carbocycles. The number of alkyl halides is 2. The van der Waals surface area contributed by atoms with E-state index < -0.39 is 12.0 Å². The number of hydrogen-bond acceptors (Lipinski definition) is 4. The number of oxazole rings is 1. The predicted octanol–water partition coefficient (Wildman–Crippen LogP) is 4.05. The summed E-state index contributed by atoms with van der Waals surface area (Å²) >= 11 is 0. The molecule has 1 aromatic rings. The average Bonchev–Trinajstić information content (AvgIpc) is 2.98. The minimum Gasteiger partial charge on any atom is -0.442 e. The Morgan fingerprint density at radius 2 is 2.04 bits per heavy atom. The molecule has 0 radical (unpaired) electrons. The molecule has 1 aliphatic heterocycles. The number of likely N-dealkylation sites (tertiary alicyclic amines) is 1. The zero-order valence-electron chi connectivity index (χ0n) is 13.5. The number of nitrogens with zero attached hydrogens (tertiary/aromatic N) is 2. The highest BCUT2D eigenvalue weighted by atomic mass is 19.3. The van der Waals surface area contributed by atoms with E-state index in [2.05, 4.69) is 9.88 Å². The van der Waals surface area contributed by atoms with Crippen molar-refractivity contribution in [3.63, 3.8) is 0 Å². The van der Waals surface area contributed by atoms with Gasteiger partial charge in [0.15, 0.2) is 12.2 Å². The first kappa shape index (κ1) is 16.8. The van der Waals surface area contributed by atoms with Crippen molar-refractivity contribution in [1.29, 1.82) is 0 Å². The molecule has 1 saturated carbocycles. The van der Waals surface area contributed by atoms with Crippen molar-refractivity contribution in [3.8, 4) is 0 Å². The van der Waals surface area contributed by atoms with Crippen molar-refractivity contribution in [2.45, 2.75) is 82.4 Å². The summed E-state index contributed by atoms with van der Waals surface area (Å²) in [7, 11) is 0. The van der Waals surface area contributed by atoms with Crippen LogP contribution in [0.3, 0.4) is 0 Å². The summed E-state index contributed by atoms with van der Waals surface area (Å²) in [5.74, 6) is -0.314. The van der Waals surface area contributed by atoms with E-state index in [0.29, 0.717) is 12.2 Å². The molecule has 4 nitrogen and oxygen atoms in total. The Bertz CT molecular complexity index is 501. The molecular formula is C17H26F2N2O2. The van der Waals surface area contributed by atoms with E-state index in [1.165, 1.54) is 6.42 Å². The summed E-state index contributed by atoms with van der Waals surface area (Å²) in [4.78, 5) is 6.19. The number of aliphatic hydroxyl groups is 1. The largest absolute Gasteiger partial charge is 0.442 e. The van der Waals surface area contributed by atoms with Gasteiger partial charge in [-0.05, 0) is 38.6 Å². The monoisotopic (exact) mass is 328 g/mol. The normalized spacial score (nSPS) is 25.8. The van der Waals surface area contributed by atoms with Crippen LogP contribution in [-0.4, -0.2) is 33.2 Å². The first-order valence-corrected chi connectivity index (χ1v) is 8.74. The van der Waals surface area contributed by atoms with Crippen molar-refractivity contribution in [1.82, 2.24) is 9.88 Å². The summed E-state index contributed by atoms with van der Waals surface area (Å²) in [5, 5.41) is 10.8. The van der Waals surface area contributed by atoms with Crippen LogP contribution in [0.15, 0.2) is 10.8 Å². The molecule has 23 heavy (non-hydrogen) atoms. The molecule has 2 fully saturated rings. The third-order valence-corrected chi connectivity index (χ3v) is 5.37. The molecule has 0 bridgehead atoms. The third-order valence-electron chi connectivity index (χ3n) is 5.37. The van der Waals surface area contributed by atoms with E-state index in [4.69, 9.17) is 4.42 Å². The standard InChI is InChI=1S/C17H26F2N2O2/c18-16(19)15-14(20-12-23-15)11-21-9-5-2-6-13(21)10-17(22)7-3-1-4-8-17/h12-13,16,22H,1-11H2. The fourth-order valence-electron chi connectivity index (χ4n) is 4.12. The lowest BCUT2D eigenvalue weighted by atomic mass is 9.78. The van der Waals surface area contributed by atoms with Crippen LogP contribution < -0.4 is 0 Å². The lowest BCUT2D eigenvalue weighted by Gasteiger charge is -2.41. The summed E-state index contributed by atoms with van der Waals surface area (Å²) in [5.41, 5.74) is -0.240. The SMILES string of the molecule is OC1(CC2CCCCN2Cc2ncoc2C(F)F)CCCCC1.